The molecule has 0 fully saturated rings. The van der Waals surface area contributed by atoms with Gasteiger partial charge >= 0.3 is 17.9 Å². The van der Waals surface area contributed by atoms with Gasteiger partial charge in [0.15, 0.2) is 6.10 Å². The Morgan fingerprint density at radius 3 is 0.920 bits per heavy atom. The summed E-state index contributed by atoms with van der Waals surface area (Å²) >= 11 is 0. The van der Waals surface area contributed by atoms with Crippen molar-refractivity contribution in [3.63, 3.8) is 0 Å². The predicted molar refractivity (Wildman–Crippen MR) is 325 cm³/mol. The minimum Gasteiger partial charge on any atom is -0.462 e. The molecule has 1 unspecified atom stereocenters. The van der Waals surface area contributed by atoms with Gasteiger partial charge in [-0.2, -0.15) is 0 Å². The zero-order chi connectivity index (χ0) is 54.3. The Labute approximate surface area is 465 Å². The Hall–Kier alpha value is -3.41. The second-order valence-corrected chi connectivity index (χ2v) is 21.3. The molecule has 0 aromatic rings. The molecule has 0 N–H and O–H groups in total. The van der Waals surface area contributed by atoms with Gasteiger partial charge in [-0.25, -0.2) is 0 Å². The molecule has 0 saturated carbocycles. The molecule has 6 heteroatoms. The van der Waals surface area contributed by atoms with Gasteiger partial charge in [-0.1, -0.05) is 286 Å². The number of hydrogen-bond donors (Lipinski definition) is 0. The Kier molecular flexibility index (Phi) is 60.3. The highest BCUT2D eigenvalue weighted by atomic mass is 16.6. The molecule has 0 aromatic carbocycles. The van der Waals surface area contributed by atoms with E-state index in [0.29, 0.717) is 12.8 Å². The molecule has 1 atom stereocenters. The largest absolute Gasteiger partial charge is 0.462 e. The van der Waals surface area contributed by atoms with E-state index in [-0.39, 0.29) is 31.6 Å². The van der Waals surface area contributed by atoms with E-state index < -0.39 is 12.1 Å². The van der Waals surface area contributed by atoms with Crippen LogP contribution in [0.2, 0.25) is 0 Å². The van der Waals surface area contributed by atoms with Crippen molar-refractivity contribution < 1.29 is 28.6 Å². The molecule has 0 rings (SSSR count). The Balaban J connectivity index is 4.37. The average Bonchev–Trinajstić information content (AvgIpc) is 3.41. The smallest absolute Gasteiger partial charge is 0.309 e. The molecule has 0 aliphatic rings. The van der Waals surface area contributed by atoms with Gasteiger partial charge in [-0.3, -0.25) is 14.4 Å². The lowest BCUT2D eigenvalue weighted by molar-refractivity contribution is -0.166. The predicted octanol–water partition coefficient (Wildman–Crippen LogP) is 21.9. The zero-order valence-electron chi connectivity index (χ0n) is 49.6. The van der Waals surface area contributed by atoms with E-state index in [1.807, 2.05) is 6.08 Å². The summed E-state index contributed by atoms with van der Waals surface area (Å²) in [5.41, 5.74) is 0. The fraction of sp³-hybridized carbons (Fsp3) is 0.754. The van der Waals surface area contributed by atoms with Gasteiger partial charge in [0.1, 0.15) is 13.2 Å². The monoisotopic (exact) mass is 1040 g/mol. The second-order valence-electron chi connectivity index (χ2n) is 21.3. The van der Waals surface area contributed by atoms with Crippen molar-refractivity contribution >= 4 is 17.9 Å². The molecule has 0 bridgehead atoms. The van der Waals surface area contributed by atoms with Crippen LogP contribution in [0.3, 0.4) is 0 Å². The van der Waals surface area contributed by atoms with Crippen LogP contribution in [0.5, 0.6) is 0 Å². The third-order valence-corrected chi connectivity index (χ3v) is 13.9. The first-order chi connectivity index (χ1) is 37.0. The number of carbonyl (C=O) groups excluding carboxylic acids is 3. The highest BCUT2D eigenvalue weighted by Crippen LogP contribution is 2.16. The summed E-state index contributed by atoms with van der Waals surface area (Å²) in [5, 5.41) is 0. The lowest BCUT2D eigenvalue weighted by atomic mass is 10.0. The molecule has 0 heterocycles. The lowest BCUT2D eigenvalue weighted by Crippen LogP contribution is -2.30. The van der Waals surface area contributed by atoms with Crippen LogP contribution in [0.15, 0.2) is 85.1 Å². The first-order valence-electron chi connectivity index (χ1n) is 32.1. The summed E-state index contributed by atoms with van der Waals surface area (Å²) in [6, 6.07) is 0. The third kappa shape index (κ3) is 61.3. The molecular formula is C69H120O6. The van der Waals surface area contributed by atoms with E-state index in [9.17, 15) is 14.4 Å². The summed E-state index contributed by atoms with van der Waals surface area (Å²) in [4.78, 5) is 38.2. The minimum absolute atomic E-state index is 0.107. The number of rotatable bonds is 58. The highest BCUT2D eigenvalue weighted by Gasteiger charge is 2.19. The quantitative estimate of drug-likeness (QED) is 0.0261. The van der Waals surface area contributed by atoms with E-state index >= 15 is 0 Å². The second kappa shape index (κ2) is 63.1. The fourth-order valence-electron chi connectivity index (χ4n) is 9.10. The molecule has 0 saturated heterocycles. The zero-order valence-corrected chi connectivity index (χ0v) is 49.6. The number of carbonyl (C=O) groups is 3. The Morgan fingerprint density at radius 2 is 0.573 bits per heavy atom. The minimum atomic E-state index is -0.819. The van der Waals surface area contributed by atoms with Crippen LogP contribution in [-0.4, -0.2) is 37.2 Å². The summed E-state index contributed by atoms with van der Waals surface area (Å²) in [6.07, 6.45) is 83.4. The number of ether oxygens (including phenoxy) is 3. The lowest BCUT2D eigenvalue weighted by Gasteiger charge is -2.18. The van der Waals surface area contributed by atoms with Crippen LogP contribution in [0, 0.1) is 0 Å². The molecule has 6 nitrogen and oxygen atoms in total. The van der Waals surface area contributed by atoms with E-state index in [1.54, 1.807) is 6.08 Å². The van der Waals surface area contributed by atoms with E-state index in [0.717, 1.165) is 70.6 Å². The molecule has 432 valence electrons. The fourth-order valence-corrected chi connectivity index (χ4v) is 9.10. The standard InChI is InChI=1S/C69H120O6/c1-4-7-10-13-16-19-22-25-28-30-31-32-33-34-35-36-37-39-41-44-47-50-53-56-59-62-68(71)74-65-66(64-73-67(70)61-58-55-52-49-46-43-40-27-24-21-18-15-12-9-6-3)75-69(72)63-60-57-54-51-48-45-42-38-29-26-23-20-17-14-11-8-5-2/h9,12,18,21,26-27,29-31,40,46,49,55,58,66H,4-8,10-11,13-17,19-20,22-25,28,32-39,41-45,47-48,50-54,56-57,59-65H2,1-3H3/b12-9-,21-18-,29-26-,31-30-,40-27-,49-46-,58-55-. The van der Waals surface area contributed by atoms with Crippen LogP contribution in [0.25, 0.3) is 0 Å². The Bertz CT molecular complexity index is 1430. The molecule has 0 aromatic heterocycles. The van der Waals surface area contributed by atoms with Crippen molar-refractivity contribution in [3.8, 4) is 0 Å². The normalized spacial score (nSPS) is 12.6. The molecule has 0 spiro atoms. The van der Waals surface area contributed by atoms with Crippen LogP contribution < -0.4 is 0 Å². The van der Waals surface area contributed by atoms with Gasteiger partial charge in [-0.05, 0) is 96.3 Å². The van der Waals surface area contributed by atoms with Crippen molar-refractivity contribution in [2.75, 3.05) is 13.2 Å². The molecule has 0 aliphatic carbocycles. The number of allylic oxidation sites excluding steroid dienone is 13. The van der Waals surface area contributed by atoms with Gasteiger partial charge in [0.25, 0.3) is 0 Å². The summed E-state index contributed by atoms with van der Waals surface area (Å²) in [6.45, 7) is 6.46. The number of esters is 3. The average molecular weight is 1050 g/mol. The first kappa shape index (κ1) is 71.6. The topological polar surface area (TPSA) is 78.9 Å². The van der Waals surface area contributed by atoms with Gasteiger partial charge < -0.3 is 14.2 Å². The Morgan fingerprint density at radius 1 is 0.293 bits per heavy atom. The van der Waals surface area contributed by atoms with Crippen molar-refractivity contribution in [3.05, 3.63) is 85.1 Å². The van der Waals surface area contributed by atoms with Gasteiger partial charge in [0, 0.05) is 12.8 Å². The van der Waals surface area contributed by atoms with Crippen molar-refractivity contribution in [2.24, 2.45) is 0 Å². The van der Waals surface area contributed by atoms with Gasteiger partial charge in [0.2, 0.25) is 0 Å². The first-order valence-corrected chi connectivity index (χ1v) is 32.1. The van der Waals surface area contributed by atoms with E-state index in [1.165, 1.54) is 205 Å². The van der Waals surface area contributed by atoms with Crippen LogP contribution in [0.4, 0.5) is 0 Å². The van der Waals surface area contributed by atoms with Crippen LogP contribution in [-0.2, 0) is 28.6 Å². The summed E-state index contributed by atoms with van der Waals surface area (Å²) in [5.74, 6) is -1.03. The molecule has 0 aliphatic heterocycles. The maximum absolute atomic E-state index is 12.9. The van der Waals surface area contributed by atoms with Crippen molar-refractivity contribution in [2.45, 2.75) is 322 Å². The van der Waals surface area contributed by atoms with Crippen molar-refractivity contribution in [1.82, 2.24) is 0 Å². The van der Waals surface area contributed by atoms with Gasteiger partial charge in [-0.15, -0.1) is 0 Å². The third-order valence-electron chi connectivity index (χ3n) is 13.9. The van der Waals surface area contributed by atoms with Gasteiger partial charge in [0.05, 0.1) is 6.42 Å². The molecule has 75 heavy (non-hydrogen) atoms. The van der Waals surface area contributed by atoms with Crippen LogP contribution >= 0.6 is 0 Å². The van der Waals surface area contributed by atoms with Crippen molar-refractivity contribution in [1.29, 1.82) is 0 Å². The maximum atomic E-state index is 12.9. The summed E-state index contributed by atoms with van der Waals surface area (Å²) < 4.78 is 16.8. The highest BCUT2D eigenvalue weighted by molar-refractivity contribution is 5.72. The van der Waals surface area contributed by atoms with Crippen LogP contribution in [0.1, 0.15) is 316 Å². The SMILES string of the molecule is CC/C=C\C/C=C\C/C=C\C/C=C\C/C=C\CC(=O)OCC(COC(=O)CCCCCCCCCCCCCCC/C=C\CCCCCCCCCC)OC(=O)CCCCCCCCC/C=C\CCCCCCCC. The summed E-state index contributed by atoms with van der Waals surface area (Å²) in [7, 11) is 0. The van der Waals surface area contributed by atoms with E-state index in [4.69, 9.17) is 14.2 Å². The molecule has 0 radical (unpaired) electrons. The molecular weight excluding hydrogens is 925 g/mol. The number of unbranched alkanes of at least 4 members (excludes halogenated alkanes) is 34. The van der Waals surface area contributed by atoms with E-state index in [2.05, 4.69) is 93.7 Å². The number of hydrogen-bond acceptors (Lipinski definition) is 6. The molecule has 0 amide bonds. The maximum Gasteiger partial charge on any atom is 0.309 e.